The van der Waals surface area contributed by atoms with Crippen LogP contribution in [0.5, 0.6) is 0 Å². The minimum atomic E-state index is -2.39. The van der Waals surface area contributed by atoms with Gasteiger partial charge >= 0.3 is 0 Å². The molecule has 130 heavy (non-hydrogen) atoms. The van der Waals surface area contributed by atoms with Gasteiger partial charge in [-0.15, -0.1) is 0 Å². The summed E-state index contributed by atoms with van der Waals surface area (Å²) in [5.41, 5.74) is 0. The Morgan fingerprint density at radius 2 is 0.608 bits per heavy atom. The van der Waals surface area contributed by atoms with Crippen LogP contribution in [0.3, 0.4) is 0 Å². The molecular formula is C88H158N4O38. The molecule has 0 saturated carbocycles. The molecule has 4 amide bonds. The van der Waals surface area contributed by atoms with Crippen molar-refractivity contribution in [1.82, 2.24) is 21.3 Å². The summed E-state index contributed by atoms with van der Waals surface area (Å²) >= 11 is 0. The predicted octanol–water partition coefficient (Wildman–Crippen LogP) is -2.90. The number of ether oxygens (including phenoxy) is 14. The van der Waals surface area contributed by atoms with Crippen LogP contribution in [0.2, 0.25) is 0 Å². The zero-order chi connectivity index (χ0) is 95.1. The number of amides is 4. The quantitative estimate of drug-likeness (QED) is 0.0215. The van der Waals surface area contributed by atoms with Crippen molar-refractivity contribution in [2.45, 2.75) is 467 Å². The van der Waals surface area contributed by atoms with E-state index in [2.05, 4.69) is 35.1 Å². The number of hydrogen-bond donors (Lipinski definition) is 24. The van der Waals surface area contributed by atoms with Crippen LogP contribution in [0.15, 0.2) is 12.2 Å². The lowest BCUT2D eigenvalue weighted by molar-refractivity contribution is -0.391. The Morgan fingerprint density at radius 1 is 0.308 bits per heavy atom. The van der Waals surface area contributed by atoms with Crippen LogP contribution in [-0.4, -0.2) is 406 Å². The van der Waals surface area contributed by atoms with Gasteiger partial charge in [0, 0.05) is 27.2 Å². The van der Waals surface area contributed by atoms with Gasteiger partial charge in [0.1, 0.15) is 171 Å². The number of unbranched alkanes of at least 4 members (excludes halogenated alkanes) is 29. The topological polar surface area (TPSA) is 650 Å². The van der Waals surface area contributed by atoms with Crippen LogP contribution < -0.4 is 21.3 Å². The van der Waals surface area contributed by atoms with Gasteiger partial charge < -0.3 is 190 Å². The summed E-state index contributed by atoms with van der Waals surface area (Å²) in [5.74, 6) is -2.81. The SMILES string of the molecule is CCCCCCCCCCCCC/C=C/[C@@H](O)[C@H](CO[C@@H]1OC(CO)[C@@H](O[C@@H]2OC(CO[C@@H]3OC(CO)[C@@H](O[C@@H]4OC(CO)[C@H](O[C@@H]5OC(CO)[C@H](O)[C@H](O)C5NC(C)=O)[C@H](O)C4O)[C@H](O)C3NC(C)=O)[C@H](O)[C@H](O[C@H]3OC(CO)[C@H](O)[C@H](O[C@@H]4OC(CO)[C@H](O)[C@H](O)C4NC(C)=O)C3O)C2O)[C@H](O)C1O)NC(=O)CCCCCCCCCCCCCCCCCCCCC. The van der Waals surface area contributed by atoms with Gasteiger partial charge in [-0.05, 0) is 19.3 Å². The van der Waals surface area contributed by atoms with Crippen molar-refractivity contribution >= 4 is 23.6 Å². The molecule has 7 fully saturated rings. The third kappa shape index (κ3) is 34.4. The van der Waals surface area contributed by atoms with Crippen LogP contribution in [0, 0.1) is 0 Å². The molecule has 0 bridgehead atoms. The van der Waals surface area contributed by atoms with Crippen LogP contribution in [0.25, 0.3) is 0 Å². The Labute approximate surface area is 761 Å². The second kappa shape index (κ2) is 60.2. The zero-order valence-corrected chi connectivity index (χ0v) is 76.1. The van der Waals surface area contributed by atoms with Gasteiger partial charge in [0.2, 0.25) is 23.6 Å². The summed E-state index contributed by atoms with van der Waals surface area (Å²) in [5, 5.41) is 236. The predicted molar refractivity (Wildman–Crippen MR) is 456 cm³/mol. The van der Waals surface area contributed by atoms with Crippen molar-refractivity contribution in [2.24, 2.45) is 0 Å². The Bertz CT molecular complexity index is 3130. The summed E-state index contributed by atoms with van der Waals surface area (Å²) in [6, 6.07) is -6.21. The van der Waals surface area contributed by atoms with Crippen LogP contribution in [-0.2, 0) is 85.5 Å². The van der Waals surface area contributed by atoms with E-state index in [1.54, 1.807) is 6.08 Å². The van der Waals surface area contributed by atoms with E-state index in [9.17, 15) is 121 Å². The fourth-order valence-electron chi connectivity index (χ4n) is 17.6. The molecular weight excluding hydrogens is 1720 g/mol. The van der Waals surface area contributed by atoms with E-state index in [1.165, 1.54) is 122 Å². The standard InChI is InChI=1S/C88H158N4O38/c1-6-8-10-12-14-16-18-20-21-22-23-24-25-27-29-31-33-35-37-39-60(103)92-51(52(102)38-36-34-32-30-28-26-19-17-15-13-11-9-7-2)46-117-85-73(113)71(111)79(57(44-97)123-85)128-88-76(116)81(130-87-75(115)80(66(106)55(42-95)121-87)129-84-62(90-49(4)100)69(109)65(105)54(41-94)120-84)67(107)59(125-88)47-118-82-63(91-50(5)101)70(110)77(56(43-96)122-82)127-86-74(114)72(112)78(58(45-98)124-86)126-83-61(89-48(3)99)68(108)64(104)53(40-93)119-83/h36,38,51-59,61-88,93-98,102,104-116H,6-35,37,39-47H2,1-5H3,(H,89,99)(H,90,100)(H,91,101)(H,92,103)/b38-36+/t51-,52+,53?,54?,55?,56?,57?,58?,59?,61?,62?,63?,64-,65-,66-,67-,68+,69+,70+,71+,72+,73?,74?,75?,76?,77+,78-,79+,80-,81-,82+,83-,84-,85+,86-,87+,88-/m0/s1. The largest absolute Gasteiger partial charge is 0.394 e. The van der Waals surface area contributed by atoms with Gasteiger partial charge in [-0.1, -0.05) is 206 Å². The maximum atomic E-state index is 13.8. The summed E-state index contributed by atoms with van der Waals surface area (Å²) in [6.07, 6.45) is -25.7. The summed E-state index contributed by atoms with van der Waals surface area (Å²) in [6.45, 7) is -0.0733. The summed E-state index contributed by atoms with van der Waals surface area (Å²) in [4.78, 5) is 51.5. The number of nitrogens with one attached hydrogen (secondary N) is 4. The number of rotatable bonds is 60. The molecule has 7 heterocycles. The minimum absolute atomic E-state index is 0.125. The monoisotopic (exact) mass is 1880 g/mol. The molecule has 0 spiro atoms. The fraction of sp³-hybridized carbons (Fsp3) is 0.932. The number of carbonyl (C=O) groups excluding carboxylic acids is 4. The number of carbonyl (C=O) groups is 4. The highest BCUT2D eigenvalue weighted by molar-refractivity contribution is 5.76. The van der Waals surface area contributed by atoms with Crippen LogP contribution in [0.1, 0.15) is 240 Å². The number of hydrogen-bond acceptors (Lipinski definition) is 38. The van der Waals surface area contributed by atoms with Crippen LogP contribution >= 0.6 is 0 Å². The lowest BCUT2D eigenvalue weighted by atomic mass is 9.94. The maximum Gasteiger partial charge on any atom is 0.220 e. The summed E-state index contributed by atoms with van der Waals surface area (Å²) in [7, 11) is 0. The first kappa shape index (κ1) is 113. The van der Waals surface area contributed by atoms with E-state index in [0.717, 1.165) is 85.0 Å². The smallest absolute Gasteiger partial charge is 0.220 e. The first-order valence-electron chi connectivity index (χ1n) is 47.5. The highest BCUT2D eigenvalue weighted by atomic mass is 16.8. The van der Waals surface area contributed by atoms with Gasteiger partial charge in [-0.25, -0.2) is 0 Å². The molecule has 0 aromatic rings. The summed E-state index contributed by atoms with van der Waals surface area (Å²) < 4.78 is 83.8. The highest BCUT2D eigenvalue weighted by Gasteiger charge is 2.59. The van der Waals surface area contributed by atoms with Crippen molar-refractivity contribution < 1.29 is 188 Å². The average molecular weight is 1880 g/mol. The van der Waals surface area contributed by atoms with Gasteiger partial charge in [-0.3, -0.25) is 19.2 Å². The fourth-order valence-corrected chi connectivity index (χ4v) is 17.6. The third-order valence-electron chi connectivity index (χ3n) is 25.2. The van der Waals surface area contributed by atoms with Crippen molar-refractivity contribution in [3.63, 3.8) is 0 Å². The molecule has 0 aliphatic carbocycles. The highest BCUT2D eigenvalue weighted by Crippen LogP contribution is 2.39. The molecule has 0 aromatic heterocycles. The van der Waals surface area contributed by atoms with E-state index < -0.39 is 297 Å². The molecule has 14 unspecified atom stereocenters. The number of aliphatic hydroxyl groups excluding tert-OH is 20. The van der Waals surface area contributed by atoms with Crippen molar-refractivity contribution in [1.29, 1.82) is 0 Å². The Hall–Kier alpha value is -3.74. The molecule has 0 radical (unpaired) electrons. The lowest BCUT2D eigenvalue weighted by Crippen LogP contribution is -2.69. The van der Waals surface area contributed by atoms with Crippen molar-refractivity contribution in [3.05, 3.63) is 12.2 Å². The van der Waals surface area contributed by atoms with E-state index in [0.29, 0.717) is 12.8 Å². The first-order valence-corrected chi connectivity index (χ1v) is 47.5. The Morgan fingerprint density at radius 3 is 1.02 bits per heavy atom. The zero-order valence-electron chi connectivity index (χ0n) is 76.1. The Balaban J connectivity index is 1.07. The molecule has 758 valence electrons. The van der Waals surface area contributed by atoms with E-state index in [4.69, 9.17) is 66.3 Å². The first-order chi connectivity index (χ1) is 62.4. The number of aliphatic hydroxyl groups is 20. The maximum absolute atomic E-state index is 13.8. The molecule has 42 nitrogen and oxygen atoms in total. The second-order valence-electron chi connectivity index (χ2n) is 35.7. The van der Waals surface area contributed by atoms with Crippen molar-refractivity contribution in [3.8, 4) is 0 Å². The number of allylic oxidation sites excluding steroid dienone is 1. The molecule has 24 N–H and O–H groups in total. The van der Waals surface area contributed by atoms with Gasteiger partial charge in [0.25, 0.3) is 0 Å². The van der Waals surface area contributed by atoms with Gasteiger partial charge in [-0.2, -0.15) is 0 Å². The molecule has 7 saturated heterocycles. The van der Waals surface area contributed by atoms with Gasteiger partial charge in [0.15, 0.2) is 44.0 Å². The van der Waals surface area contributed by atoms with E-state index in [-0.39, 0.29) is 12.3 Å². The Kier molecular flexibility index (Phi) is 52.4. The van der Waals surface area contributed by atoms with Crippen LogP contribution in [0.4, 0.5) is 0 Å². The second-order valence-corrected chi connectivity index (χ2v) is 35.7. The molecule has 42 heteroatoms. The van der Waals surface area contributed by atoms with E-state index in [1.807, 2.05) is 6.08 Å². The molecule has 0 aromatic carbocycles. The third-order valence-corrected chi connectivity index (χ3v) is 25.2. The lowest BCUT2D eigenvalue weighted by Gasteiger charge is -2.50. The van der Waals surface area contributed by atoms with Crippen molar-refractivity contribution in [2.75, 3.05) is 52.9 Å². The van der Waals surface area contributed by atoms with Gasteiger partial charge in [0.05, 0.1) is 65.0 Å². The molecule has 7 aliphatic rings. The normalized spacial score (nSPS) is 37.2. The average Bonchev–Trinajstić information content (AvgIpc) is 0.772. The molecule has 7 rings (SSSR count). The molecule has 7 aliphatic heterocycles. The van der Waals surface area contributed by atoms with E-state index >= 15 is 0 Å². The molecule has 37 atom stereocenters. The minimum Gasteiger partial charge on any atom is -0.394 e.